The van der Waals surface area contributed by atoms with E-state index in [4.69, 9.17) is 0 Å². The molecule has 0 saturated carbocycles. The monoisotopic (exact) mass is 407 g/mol. The van der Waals surface area contributed by atoms with E-state index in [9.17, 15) is 17.6 Å². The molecule has 0 radical (unpaired) electrons. The molecule has 1 aromatic heterocycles. The van der Waals surface area contributed by atoms with Crippen LogP contribution in [0.5, 0.6) is 0 Å². The number of nitrogens with zero attached hydrogens (tertiary/aromatic N) is 3. The van der Waals surface area contributed by atoms with Crippen molar-refractivity contribution in [3.8, 4) is 5.69 Å². The standard InChI is InChI=1S/C20H26FN3O3S/c1-14-5-6-17(12-19(14)21)24-15(2)11-18(16(24)3)20(25)13-22-7-9-23(10-8-22)28(4,26)27/h5-6,11-12H,7-10,13H2,1-4H3. The molecule has 3 rings (SSSR count). The van der Waals surface area contributed by atoms with Gasteiger partial charge in [0.25, 0.3) is 0 Å². The van der Waals surface area contributed by atoms with Gasteiger partial charge in [0.2, 0.25) is 10.0 Å². The molecule has 2 aromatic rings. The van der Waals surface area contributed by atoms with Crippen molar-refractivity contribution in [3.63, 3.8) is 0 Å². The summed E-state index contributed by atoms with van der Waals surface area (Å²) >= 11 is 0. The van der Waals surface area contributed by atoms with Crippen LogP contribution in [0.4, 0.5) is 4.39 Å². The lowest BCUT2D eigenvalue weighted by atomic mass is 10.1. The van der Waals surface area contributed by atoms with Crippen LogP contribution in [0, 0.1) is 26.6 Å². The Balaban J connectivity index is 1.76. The summed E-state index contributed by atoms with van der Waals surface area (Å²) < 4.78 is 40.5. The van der Waals surface area contributed by atoms with Crippen LogP contribution in [-0.4, -0.2) is 67.0 Å². The van der Waals surface area contributed by atoms with Gasteiger partial charge in [0, 0.05) is 48.8 Å². The van der Waals surface area contributed by atoms with Gasteiger partial charge in [-0.05, 0) is 44.5 Å². The van der Waals surface area contributed by atoms with Crippen LogP contribution in [0.3, 0.4) is 0 Å². The van der Waals surface area contributed by atoms with Crippen LogP contribution < -0.4 is 0 Å². The van der Waals surface area contributed by atoms with Gasteiger partial charge >= 0.3 is 0 Å². The minimum Gasteiger partial charge on any atom is -0.318 e. The Morgan fingerprint density at radius 2 is 1.71 bits per heavy atom. The fraction of sp³-hybridized carbons (Fsp3) is 0.450. The van der Waals surface area contributed by atoms with Crippen molar-refractivity contribution in [1.29, 1.82) is 0 Å². The highest BCUT2D eigenvalue weighted by molar-refractivity contribution is 7.88. The minimum absolute atomic E-state index is 0.0141. The van der Waals surface area contributed by atoms with Gasteiger partial charge in [-0.25, -0.2) is 12.8 Å². The van der Waals surface area contributed by atoms with Gasteiger partial charge < -0.3 is 4.57 Å². The number of sulfonamides is 1. The van der Waals surface area contributed by atoms with E-state index >= 15 is 0 Å². The minimum atomic E-state index is -3.19. The highest BCUT2D eigenvalue weighted by Crippen LogP contribution is 2.23. The highest BCUT2D eigenvalue weighted by atomic mass is 32.2. The largest absolute Gasteiger partial charge is 0.318 e. The Hall–Kier alpha value is -2.03. The van der Waals surface area contributed by atoms with Gasteiger partial charge in [-0.2, -0.15) is 4.31 Å². The highest BCUT2D eigenvalue weighted by Gasteiger charge is 2.26. The summed E-state index contributed by atoms with van der Waals surface area (Å²) in [4.78, 5) is 14.8. The van der Waals surface area contributed by atoms with E-state index in [0.717, 1.165) is 11.4 Å². The number of hydrogen-bond acceptors (Lipinski definition) is 4. The van der Waals surface area contributed by atoms with E-state index in [2.05, 4.69) is 0 Å². The number of hydrogen-bond donors (Lipinski definition) is 0. The number of carbonyl (C=O) groups excluding carboxylic acids is 1. The Labute approximate surface area is 165 Å². The molecule has 6 nitrogen and oxygen atoms in total. The smallest absolute Gasteiger partial charge is 0.211 e. The van der Waals surface area contributed by atoms with Crippen molar-refractivity contribution in [1.82, 2.24) is 13.8 Å². The molecule has 0 N–H and O–H groups in total. The van der Waals surface area contributed by atoms with E-state index < -0.39 is 10.0 Å². The Morgan fingerprint density at radius 1 is 1.07 bits per heavy atom. The molecule has 0 bridgehead atoms. The summed E-state index contributed by atoms with van der Waals surface area (Å²) in [6.45, 7) is 7.56. The van der Waals surface area contributed by atoms with E-state index in [1.807, 2.05) is 35.4 Å². The van der Waals surface area contributed by atoms with Crippen LogP contribution >= 0.6 is 0 Å². The predicted molar refractivity (Wildman–Crippen MR) is 107 cm³/mol. The van der Waals surface area contributed by atoms with Gasteiger partial charge in [0.15, 0.2) is 5.78 Å². The van der Waals surface area contributed by atoms with Crippen LogP contribution in [0.25, 0.3) is 5.69 Å². The normalized spacial score (nSPS) is 16.5. The third kappa shape index (κ3) is 4.19. The first kappa shape index (κ1) is 20.7. The lowest BCUT2D eigenvalue weighted by Crippen LogP contribution is -2.49. The first-order chi connectivity index (χ1) is 13.1. The zero-order chi connectivity index (χ0) is 20.6. The molecular weight excluding hydrogens is 381 g/mol. The molecule has 1 fully saturated rings. The second-order valence-corrected chi connectivity index (χ2v) is 9.40. The predicted octanol–water partition coefficient (Wildman–Crippen LogP) is 2.30. The molecule has 152 valence electrons. The van der Waals surface area contributed by atoms with Crippen molar-refractivity contribution in [2.45, 2.75) is 20.8 Å². The molecule has 1 aliphatic heterocycles. The molecule has 2 heterocycles. The Morgan fingerprint density at radius 3 is 2.29 bits per heavy atom. The topological polar surface area (TPSA) is 62.6 Å². The average molecular weight is 408 g/mol. The molecule has 1 aliphatic rings. The fourth-order valence-electron chi connectivity index (χ4n) is 3.67. The number of carbonyl (C=O) groups is 1. The SMILES string of the molecule is Cc1ccc(-n2c(C)cc(C(=O)CN3CCN(S(C)(=O)=O)CC3)c2C)cc1F. The second-order valence-electron chi connectivity index (χ2n) is 7.42. The van der Waals surface area contributed by atoms with Gasteiger partial charge in [0.05, 0.1) is 12.8 Å². The maximum Gasteiger partial charge on any atom is 0.211 e. The van der Waals surface area contributed by atoms with Gasteiger partial charge in [-0.15, -0.1) is 0 Å². The van der Waals surface area contributed by atoms with Crippen LogP contribution in [-0.2, 0) is 10.0 Å². The molecule has 1 aromatic carbocycles. The number of halogens is 1. The molecule has 8 heteroatoms. The number of Topliss-reactive ketones (excluding diaryl/α,β-unsaturated/α-hetero) is 1. The zero-order valence-electron chi connectivity index (χ0n) is 16.7. The number of ketones is 1. The summed E-state index contributed by atoms with van der Waals surface area (Å²) in [6.07, 6.45) is 1.20. The molecule has 0 atom stereocenters. The molecule has 0 spiro atoms. The molecular formula is C20H26FN3O3S. The van der Waals surface area contributed by atoms with E-state index in [0.29, 0.717) is 43.0 Å². The number of piperazine rings is 1. The average Bonchev–Trinajstić information content (AvgIpc) is 2.92. The summed E-state index contributed by atoms with van der Waals surface area (Å²) in [5.41, 5.74) is 3.53. The van der Waals surface area contributed by atoms with Crippen molar-refractivity contribution >= 4 is 15.8 Å². The van der Waals surface area contributed by atoms with Crippen molar-refractivity contribution in [3.05, 3.63) is 52.6 Å². The lowest BCUT2D eigenvalue weighted by molar-refractivity contribution is 0.0901. The summed E-state index contributed by atoms with van der Waals surface area (Å²) in [6, 6.07) is 6.89. The maximum atomic E-state index is 14.0. The Kier molecular flexibility index (Phi) is 5.74. The maximum absolute atomic E-state index is 14.0. The fourth-order valence-corrected chi connectivity index (χ4v) is 4.50. The molecule has 1 saturated heterocycles. The summed E-state index contributed by atoms with van der Waals surface area (Å²) in [7, 11) is -3.19. The molecule has 0 unspecified atom stereocenters. The van der Waals surface area contributed by atoms with Crippen molar-refractivity contribution in [2.24, 2.45) is 0 Å². The first-order valence-electron chi connectivity index (χ1n) is 9.24. The van der Waals surface area contributed by atoms with E-state index in [1.165, 1.54) is 16.6 Å². The van der Waals surface area contributed by atoms with Gasteiger partial charge in [-0.1, -0.05) is 6.07 Å². The summed E-state index contributed by atoms with van der Waals surface area (Å²) in [5.74, 6) is -0.290. The third-order valence-electron chi connectivity index (χ3n) is 5.31. The first-order valence-corrected chi connectivity index (χ1v) is 11.1. The second kappa shape index (κ2) is 7.77. The Bertz CT molecular complexity index is 1010. The lowest BCUT2D eigenvalue weighted by Gasteiger charge is -2.32. The quantitative estimate of drug-likeness (QED) is 0.714. The van der Waals surface area contributed by atoms with Gasteiger partial charge in [0.1, 0.15) is 5.82 Å². The van der Waals surface area contributed by atoms with E-state index in [-0.39, 0.29) is 18.1 Å². The number of rotatable bonds is 5. The van der Waals surface area contributed by atoms with Crippen LogP contribution in [0.1, 0.15) is 27.3 Å². The molecule has 0 amide bonds. The zero-order valence-corrected chi connectivity index (χ0v) is 17.5. The summed E-state index contributed by atoms with van der Waals surface area (Å²) in [5, 5.41) is 0. The molecule has 0 aliphatic carbocycles. The van der Waals surface area contributed by atoms with Crippen LogP contribution in [0.15, 0.2) is 24.3 Å². The van der Waals surface area contributed by atoms with Crippen molar-refractivity contribution in [2.75, 3.05) is 39.0 Å². The number of aryl methyl sites for hydroxylation is 2. The number of benzene rings is 1. The van der Waals surface area contributed by atoms with E-state index in [1.54, 1.807) is 13.0 Å². The third-order valence-corrected chi connectivity index (χ3v) is 6.62. The number of aromatic nitrogens is 1. The van der Waals surface area contributed by atoms with Crippen LogP contribution in [0.2, 0.25) is 0 Å². The molecule has 28 heavy (non-hydrogen) atoms. The van der Waals surface area contributed by atoms with Crippen molar-refractivity contribution < 1.29 is 17.6 Å². The van der Waals surface area contributed by atoms with Gasteiger partial charge in [-0.3, -0.25) is 9.69 Å².